The van der Waals surface area contributed by atoms with E-state index in [9.17, 15) is 4.79 Å². The van der Waals surface area contributed by atoms with Crippen molar-refractivity contribution in [2.75, 3.05) is 59.0 Å². The normalized spacial score (nSPS) is 27.5. The van der Waals surface area contributed by atoms with Gasteiger partial charge in [0.15, 0.2) is 0 Å². The van der Waals surface area contributed by atoms with E-state index in [0.29, 0.717) is 5.92 Å². The van der Waals surface area contributed by atoms with Crippen LogP contribution in [0.15, 0.2) is 18.5 Å². The number of nitrogens with zero attached hydrogens (tertiary/aromatic N) is 4. The summed E-state index contributed by atoms with van der Waals surface area (Å²) < 4.78 is 7.34. The molecule has 3 saturated heterocycles. The number of ether oxygens (including phenoxy) is 1. The standard InChI is InChI=1S/C18H29N5O2/c24-17(18(3-6-19-7-4-18)23-8-1-5-20-23)22-9-2-16(15-22)14-21-10-12-25-13-11-21/h1,5,8,16,19H,2-4,6-7,9-15H2. The van der Waals surface area contributed by atoms with Gasteiger partial charge in [0.25, 0.3) is 5.91 Å². The minimum Gasteiger partial charge on any atom is -0.379 e. The maximum atomic E-state index is 13.5. The highest BCUT2D eigenvalue weighted by atomic mass is 16.5. The van der Waals surface area contributed by atoms with E-state index in [4.69, 9.17) is 4.74 Å². The molecule has 3 aliphatic heterocycles. The number of amides is 1. The highest BCUT2D eigenvalue weighted by Crippen LogP contribution is 2.32. The summed E-state index contributed by atoms with van der Waals surface area (Å²) in [7, 11) is 0. The van der Waals surface area contributed by atoms with Gasteiger partial charge >= 0.3 is 0 Å². The van der Waals surface area contributed by atoms with E-state index in [1.54, 1.807) is 6.20 Å². The first-order chi connectivity index (χ1) is 12.3. The van der Waals surface area contributed by atoms with Crippen molar-refractivity contribution in [2.24, 2.45) is 5.92 Å². The summed E-state index contributed by atoms with van der Waals surface area (Å²) in [5, 5.41) is 7.82. The molecule has 1 amide bonds. The highest BCUT2D eigenvalue weighted by Gasteiger charge is 2.45. The minimum atomic E-state index is -0.497. The van der Waals surface area contributed by atoms with Gasteiger partial charge in [-0.25, -0.2) is 0 Å². The number of morpholine rings is 1. The quantitative estimate of drug-likeness (QED) is 0.840. The number of carbonyl (C=O) groups excluding carboxylic acids is 1. The van der Waals surface area contributed by atoms with Crippen LogP contribution in [-0.4, -0.2) is 84.5 Å². The summed E-state index contributed by atoms with van der Waals surface area (Å²) in [6.45, 7) is 8.31. The van der Waals surface area contributed by atoms with Crippen molar-refractivity contribution in [3.8, 4) is 0 Å². The first-order valence-corrected chi connectivity index (χ1v) is 9.58. The molecule has 0 bridgehead atoms. The first kappa shape index (κ1) is 17.0. The van der Waals surface area contributed by atoms with Gasteiger partial charge in [-0.3, -0.25) is 14.4 Å². The Bertz CT molecular complexity index is 564. The molecule has 0 aliphatic carbocycles. The van der Waals surface area contributed by atoms with E-state index in [0.717, 1.165) is 78.3 Å². The van der Waals surface area contributed by atoms with Crippen LogP contribution in [0.25, 0.3) is 0 Å². The number of likely N-dealkylation sites (tertiary alicyclic amines) is 1. The summed E-state index contributed by atoms with van der Waals surface area (Å²) in [6.07, 6.45) is 6.47. The number of carbonyl (C=O) groups is 1. The summed E-state index contributed by atoms with van der Waals surface area (Å²) in [4.78, 5) is 18.0. The molecular formula is C18H29N5O2. The molecule has 7 nitrogen and oxygen atoms in total. The number of nitrogens with one attached hydrogen (secondary N) is 1. The van der Waals surface area contributed by atoms with Crippen molar-refractivity contribution in [2.45, 2.75) is 24.8 Å². The van der Waals surface area contributed by atoms with Crippen molar-refractivity contribution in [1.82, 2.24) is 24.9 Å². The molecule has 0 saturated carbocycles. The Morgan fingerprint density at radius 2 is 2.04 bits per heavy atom. The number of hydrogen-bond donors (Lipinski definition) is 1. The molecule has 0 radical (unpaired) electrons. The van der Waals surface area contributed by atoms with Crippen LogP contribution >= 0.6 is 0 Å². The lowest BCUT2D eigenvalue weighted by Crippen LogP contribution is -2.55. The molecule has 3 fully saturated rings. The molecule has 1 atom stereocenters. The molecule has 25 heavy (non-hydrogen) atoms. The third-order valence-corrected chi connectivity index (χ3v) is 5.96. The molecule has 1 aromatic heterocycles. The zero-order valence-corrected chi connectivity index (χ0v) is 14.9. The average molecular weight is 347 g/mol. The molecule has 4 rings (SSSR count). The zero-order chi connectivity index (χ0) is 17.1. The Hall–Kier alpha value is -1.44. The van der Waals surface area contributed by atoms with Crippen LogP contribution in [0, 0.1) is 5.92 Å². The Morgan fingerprint density at radius 1 is 1.24 bits per heavy atom. The molecule has 7 heteroatoms. The van der Waals surface area contributed by atoms with Gasteiger partial charge in [-0.05, 0) is 44.3 Å². The van der Waals surface area contributed by atoms with Crippen molar-refractivity contribution in [1.29, 1.82) is 0 Å². The molecule has 0 spiro atoms. The zero-order valence-electron chi connectivity index (χ0n) is 14.9. The third kappa shape index (κ3) is 3.45. The van der Waals surface area contributed by atoms with Gasteiger partial charge in [-0.1, -0.05) is 0 Å². The summed E-state index contributed by atoms with van der Waals surface area (Å²) in [5.74, 6) is 0.848. The van der Waals surface area contributed by atoms with Crippen LogP contribution in [-0.2, 0) is 15.1 Å². The summed E-state index contributed by atoms with van der Waals surface area (Å²) in [5.41, 5.74) is -0.497. The fourth-order valence-corrected chi connectivity index (χ4v) is 4.51. The van der Waals surface area contributed by atoms with Crippen LogP contribution in [0.1, 0.15) is 19.3 Å². The third-order valence-electron chi connectivity index (χ3n) is 5.96. The van der Waals surface area contributed by atoms with Gasteiger partial charge in [-0.15, -0.1) is 0 Å². The second-order valence-electron chi connectivity index (χ2n) is 7.55. The van der Waals surface area contributed by atoms with E-state index in [2.05, 4.69) is 20.2 Å². The molecule has 0 aromatic carbocycles. The predicted octanol–water partition coefficient (Wildman–Crippen LogP) is 0.143. The van der Waals surface area contributed by atoms with Crippen LogP contribution in [0.5, 0.6) is 0 Å². The van der Waals surface area contributed by atoms with E-state index in [-0.39, 0.29) is 5.91 Å². The van der Waals surface area contributed by atoms with Crippen LogP contribution < -0.4 is 5.32 Å². The smallest absolute Gasteiger partial charge is 0.250 e. The molecule has 1 aromatic rings. The lowest BCUT2D eigenvalue weighted by atomic mass is 9.87. The van der Waals surface area contributed by atoms with Crippen LogP contribution in [0.3, 0.4) is 0 Å². The maximum Gasteiger partial charge on any atom is 0.250 e. The molecule has 4 heterocycles. The molecule has 1 N–H and O–H groups in total. The summed E-state index contributed by atoms with van der Waals surface area (Å²) >= 11 is 0. The van der Waals surface area contributed by atoms with Crippen molar-refractivity contribution < 1.29 is 9.53 Å². The second kappa shape index (κ2) is 7.43. The largest absolute Gasteiger partial charge is 0.379 e. The SMILES string of the molecule is O=C(N1CCC(CN2CCOCC2)C1)C1(n2cccn2)CCNCC1. The van der Waals surface area contributed by atoms with Crippen LogP contribution in [0.4, 0.5) is 0 Å². The maximum absolute atomic E-state index is 13.5. The molecular weight excluding hydrogens is 318 g/mol. The monoisotopic (exact) mass is 347 g/mol. The van der Waals surface area contributed by atoms with E-state index < -0.39 is 5.54 Å². The number of hydrogen-bond acceptors (Lipinski definition) is 5. The Morgan fingerprint density at radius 3 is 2.76 bits per heavy atom. The fourth-order valence-electron chi connectivity index (χ4n) is 4.51. The first-order valence-electron chi connectivity index (χ1n) is 9.58. The van der Waals surface area contributed by atoms with Gasteiger partial charge in [0, 0.05) is 45.1 Å². The lowest BCUT2D eigenvalue weighted by molar-refractivity contribution is -0.142. The second-order valence-corrected chi connectivity index (χ2v) is 7.55. The Balaban J connectivity index is 1.42. The average Bonchev–Trinajstić information content (AvgIpc) is 3.35. The lowest BCUT2D eigenvalue weighted by Gasteiger charge is -2.39. The van der Waals surface area contributed by atoms with Gasteiger partial charge in [0.1, 0.15) is 5.54 Å². The van der Waals surface area contributed by atoms with Crippen LogP contribution in [0.2, 0.25) is 0 Å². The Kier molecular flexibility index (Phi) is 5.05. The van der Waals surface area contributed by atoms with Gasteiger partial charge in [0.2, 0.25) is 0 Å². The van der Waals surface area contributed by atoms with Gasteiger partial charge in [0.05, 0.1) is 13.2 Å². The van der Waals surface area contributed by atoms with E-state index in [1.807, 2.05) is 16.9 Å². The van der Waals surface area contributed by atoms with Gasteiger partial charge < -0.3 is 15.0 Å². The van der Waals surface area contributed by atoms with Crippen molar-refractivity contribution >= 4 is 5.91 Å². The summed E-state index contributed by atoms with van der Waals surface area (Å²) in [6, 6.07) is 1.92. The highest BCUT2D eigenvalue weighted by molar-refractivity contribution is 5.85. The fraction of sp³-hybridized carbons (Fsp3) is 0.778. The minimum absolute atomic E-state index is 0.266. The van der Waals surface area contributed by atoms with E-state index in [1.165, 1.54) is 0 Å². The number of rotatable bonds is 4. The molecule has 1 unspecified atom stereocenters. The van der Waals surface area contributed by atoms with Crippen molar-refractivity contribution in [3.05, 3.63) is 18.5 Å². The number of aromatic nitrogens is 2. The number of piperidine rings is 1. The Labute approximate surface area is 149 Å². The van der Waals surface area contributed by atoms with Gasteiger partial charge in [-0.2, -0.15) is 5.10 Å². The topological polar surface area (TPSA) is 62.6 Å². The molecule has 3 aliphatic rings. The van der Waals surface area contributed by atoms with Crippen molar-refractivity contribution in [3.63, 3.8) is 0 Å². The predicted molar refractivity (Wildman–Crippen MR) is 94.3 cm³/mol. The molecule has 138 valence electrons. The van der Waals surface area contributed by atoms with E-state index >= 15 is 0 Å².